The van der Waals surface area contributed by atoms with E-state index in [1.165, 1.54) is 11.1 Å². The minimum atomic E-state index is -3.41. The van der Waals surface area contributed by atoms with Crippen LogP contribution in [-0.2, 0) is 4.57 Å². The molecule has 0 fully saturated rings. The number of rotatable bonds is 13. The SMILES string of the molecule is CCC(CC)c1ccc(OP(=O)(CC(C)CC(C)(C)C)Oc2ccc(C(CC)CC)cc2)cc1. The van der Waals surface area contributed by atoms with Crippen molar-refractivity contribution in [2.45, 2.75) is 99.3 Å². The van der Waals surface area contributed by atoms with Crippen LogP contribution in [0.3, 0.4) is 0 Å². The van der Waals surface area contributed by atoms with Crippen LogP contribution in [0.25, 0.3) is 0 Å². The first-order chi connectivity index (χ1) is 16.0. The van der Waals surface area contributed by atoms with E-state index < -0.39 is 7.60 Å². The third-order valence-corrected chi connectivity index (χ3v) is 8.71. The maximum absolute atomic E-state index is 14.1. The van der Waals surface area contributed by atoms with Gasteiger partial charge in [0.05, 0.1) is 6.16 Å². The summed E-state index contributed by atoms with van der Waals surface area (Å²) in [5, 5.41) is 0. The molecule has 2 aromatic carbocycles. The molecule has 0 heterocycles. The molecule has 1 atom stereocenters. The molecule has 4 heteroatoms. The quantitative estimate of drug-likeness (QED) is 0.264. The van der Waals surface area contributed by atoms with Crippen molar-refractivity contribution in [2.24, 2.45) is 11.3 Å². The van der Waals surface area contributed by atoms with Gasteiger partial charge in [0.25, 0.3) is 0 Å². The van der Waals surface area contributed by atoms with Crippen molar-refractivity contribution in [3.8, 4) is 11.5 Å². The highest BCUT2D eigenvalue weighted by Crippen LogP contribution is 2.51. The van der Waals surface area contributed by atoms with E-state index in [1.807, 2.05) is 24.3 Å². The maximum Gasteiger partial charge on any atom is 0.430 e. The number of hydrogen-bond donors (Lipinski definition) is 0. The summed E-state index contributed by atoms with van der Waals surface area (Å²) in [5.41, 5.74) is 2.75. The zero-order valence-electron chi connectivity index (χ0n) is 22.8. The first-order valence-corrected chi connectivity index (χ1v) is 14.9. The van der Waals surface area contributed by atoms with E-state index in [-0.39, 0.29) is 11.3 Å². The average Bonchev–Trinajstić information content (AvgIpc) is 2.76. The van der Waals surface area contributed by atoms with Gasteiger partial charge in [-0.1, -0.05) is 79.7 Å². The summed E-state index contributed by atoms with van der Waals surface area (Å²) in [6.07, 6.45) is 5.76. The normalized spacial score (nSPS) is 13.4. The largest absolute Gasteiger partial charge is 0.430 e. The molecule has 0 aliphatic rings. The molecule has 0 aliphatic heterocycles. The van der Waals surface area contributed by atoms with E-state index in [0.29, 0.717) is 29.5 Å². The van der Waals surface area contributed by atoms with E-state index in [2.05, 4.69) is 79.7 Å². The van der Waals surface area contributed by atoms with Crippen molar-refractivity contribution >= 4 is 7.60 Å². The van der Waals surface area contributed by atoms with Gasteiger partial charge < -0.3 is 9.05 Å². The summed E-state index contributed by atoms with van der Waals surface area (Å²) in [4.78, 5) is 0. The van der Waals surface area contributed by atoms with Crippen LogP contribution in [-0.4, -0.2) is 6.16 Å². The lowest BCUT2D eigenvalue weighted by Crippen LogP contribution is -2.17. The Bertz CT molecular complexity index is 827. The van der Waals surface area contributed by atoms with E-state index in [1.54, 1.807) is 0 Å². The van der Waals surface area contributed by atoms with Gasteiger partial charge in [-0.25, -0.2) is 4.57 Å². The number of hydrogen-bond acceptors (Lipinski definition) is 3. The summed E-state index contributed by atoms with van der Waals surface area (Å²) in [6, 6.07) is 16.1. The summed E-state index contributed by atoms with van der Waals surface area (Å²) >= 11 is 0. The van der Waals surface area contributed by atoms with Crippen molar-refractivity contribution in [1.82, 2.24) is 0 Å². The van der Waals surface area contributed by atoms with Gasteiger partial charge in [-0.05, 0) is 90.7 Å². The van der Waals surface area contributed by atoms with E-state index in [0.717, 1.165) is 32.1 Å². The molecule has 0 saturated carbocycles. The predicted molar refractivity (Wildman–Crippen MR) is 146 cm³/mol. The topological polar surface area (TPSA) is 35.5 Å². The van der Waals surface area contributed by atoms with Crippen LogP contribution in [0.5, 0.6) is 11.5 Å². The van der Waals surface area contributed by atoms with E-state index in [9.17, 15) is 4.57 Å². The molecule has 0 aliphatic carbocycles. The fraction of sp³-hybridized carbons (Fsp3) is 0.600. The minimum Gasteiger partial charge on any atom is -0.416 e. The summed E-state index contributed by atoms with van der Waals surface area (Å²) in [5.74, 6) is 2.50. The molecule has 0 aromatic heterocycles. The van der Waals surface area contributed by atoms with Crippen LogP contribution in [0.4, 0.5) is 0 Å². The van der Waals surface area contributed by atoms with Gasteiger partial charge in [-0.2, -0.15) is 0 Å². The smallest absolute Gasteiger partial charge is 0.416 e. The Morgan fingerprint density at radius 2 is 1.06 bits per heavy atom. The molecule has 0 radical (unpaired) electrons. The molecule has 0 bridgehead atoms. The standard InChI is InChI=1S/C30H47O3P/c1-9-24(10-2)26-13-17-28(18-14-26)32-34(31,22-23(5)21-30(6,7)8)33-29-19-15-27(16-20-29)25(11-3)12-4/h13-20,23-25H,9-12,21-22H2,1-8H3. The van der Waals surface area contributed by atoms with Crippen LogP contribution in [0.1, 0.15) is 110 Å². The molecule has 0 saturated heterocycles. The fourth-order valence-corrected chi connectivity index (χ4v) is 6.99. The lowest BCUT2D eigenvalue weighted by molar-refractivity contribution is 0.308. The molecule has 2 aromatic rings. The van der Waals surface area contributed by atoms with E-state index >= 15 is 0 Å². The molecule has 0 amide bonds. The highest BCUT2D eigenvalue weighted by atomic mass is 31.2. The van der Waals surface area contributed by atoms with Gasteiger partial charge in [0.1, 0.15) is 11.5 Å². The fourth-order valence-electron chi connectivity index (χ4n) is 5.03. The first-order valence-electron chi connectivity index (χ1n) is 13.2. The third kappa shape index (κ3) is 8.81. The monoisotopic (exact) mass is 486 g/mol. The van der Waals surface area contributed by atoms with Gasteiger partial charge in [-0.3, -0.25) is 0 Å². The Kier molecular flexibility index (Phi) is 10.8. The highest BCUT2D eigenvalue weighted by Gasteiger charge is 2.32. The van der Waals surface area contributed by atoms with Crippen LogP contribution < -0.4 is 9.05 Å². The van der Waals surface area contributed by atoms with Crippen molar-refractivity contribution in [2.75, 3.05) is 6.16 Å². The van der Waals surface area contributed by atoms with Gasteiger partial charge >= 0.3 is 7.60 Å². The lowest BCUT2D eigenvalue weighted by Gasteiger charge is -2.27. The third-order valence-electron chi connectivity index (χ3n) is 6.66. The number of benzene rings is 2. The summed E-state index contributed by atoms with van der Waals surface area (Å²) in [6.45, 7) is 17.6. The van der Waals surface area contributed by atoms with Crippen molar-refractivity contribution in [1.29, 1.82) is 0 Å². The van der Waals surface area contributed by atoms with Crippen molar-refractivity contribution in [3.63, 3.8) is 0 Å². The second-order valence-corrected chi connectivity index (χ2v) is 13.0. The second kappa shape index (κ2) is 12.8. The van der Waals surface area contributed by atoms with Gasteiger partial charge in [0.15, 0.2) is 0 Å². The zero-order chi connectivity index (χ0) is 25.4. The molecule has 190 valence electrons. The molecule has 2 rings (SSSR count). The van der Waals surface area contributed by atoms with Crippen molar-refractivity contribution in [3.05, 3.63) is 59.7 Å². The Morgan fingerprint density at radius 1 is 0.706 bits per heavy atom. The van der Waals surface area contributed by atoms with Crippen LogP contribution >= 0.6 is 7.60 Å². The first kappa shape index (κ1) is 28.5. The second-order valence-electron chi connectivity index (χ2n) is 11.0. The summed E-state index contributed by atoms with van der Waals surface area (Å²) in [7, 11) is -3.41. The maximum atomic E-state index is 14.1. The van der Waals surface area contributed by atoms with Crippen LogP contribution in [0.15, 0.2) is 48.5 Å². The Morgan fingerprint density at radius 3 is 1.35 bits per heavy atom. The highest BCUT2D eigenvalue weighted by molar-refractivity contribution is 7.54. The molecule has 3 nitrogen and oxygen atoms in total. The van der Waals surface area contributed by atoms with Crippen LogP contribution in [0.2, 0.25) is 0 Å². The Labute approximate surface area is 209 Å². The van der Waals surface area contributed by atoms with Crippen LogP contribution in [0, 0.1) is 11.3 Å². The average molecular weight is 487 g/mol. The van der Waals surface area contributed by atoms with Gasteiger partial charge in [0.2, 0.25) is 0 Å². The molecule has 34 heavy (non-hydrogen) atoms. The minimum absolute atomic E-state index is 0.151. The Balaban J connectivity index is 2.26. The van der Waals surface area contributed by atoms with Crippen molar-refractivity contribution < 1.29 is 13.6 Å². The predicted octanol–water partition coefficient (Wildman–Crippen LogP) is 10.2. The molecular weight excluding hydrogens is 439 g/mol. The molecule has 0 spiro atoms. The molecule has 1 unspecified atom stereocenters. The van der Waals surface area contributed by atoms with E-state index in [4.69, 9.17) is 9.05 Å². The molecular formula is C30H47O3P. The summed E-state index contributed by atoms with van der Waals surface area (Å²) < 4.78 is 26.4. The molecule has 0 N–H and O–H groups in total. The van der Waals surface area contributed by atoms with Gasteiger partial charge in [0, 0.05) is 0 Å². The Hall–Kier alpha value is -1.73. The zero-order valence-corrected chi connectivity index (χ0v) is 23.7. The van der Waals surface area contributed by atoms with Gasteiger partial charge in [-0.15, -0.1) is 0 Å². The lowest BCUT2D eigenvalue weighted by atomic mass is 9.86.